The summed E-state index contributed by atoms with van der Waals surface area (Å²) in [6.07, 6.45) is -0.739. The number of aromatic hydroxyl groups is 1. The third-order valence-electron chi connectivity index (χ3n) is 4.61. The number of nitrogens with one attached hydrogen (secondary N) is 1. The summed E-state index contributed by atoms with van der Waals surface area (Å²) in [5.41, 5.74) is 1.95. The number of anilines is 2. The van der Waals surface area contributed by atoms with Crippen LogP contribution in [0.5, 0.6) is 11.5 Å². The molecule has 0 aliphatic carbocycles. The molecule has 0 saturated heterocycles. The second kappa shape index (κ2) is 7.31. The Morgan fingerprint density at radius 3 is 2.68 bits per heavy atom. The standard InChI is InChI=1S/C21H16FIN2O3/c1-28-18-7-3-6-15(19(18)26)20-24-17-9-8-13(23)11-16(17)21(27)25(20)14-5-2-4-12(22)10-14/h2-11,20,24,26H,1H3/t20-/m1/s1. The molecule has 0 aromatic heterocycles. The Morgan fingerprint density at radius 1 is 1.14 bits per heavy atom. The minimum Gasteiger partial charge on any atom is -0.504 e. The lowest BCUT2D eigenvalue weighted by Gasteiger charge is -2.38. The van der Waals surface area contributed by atoms with Crippen molar-refractivity contribution >= 4 is 39.9 Å². The fourth-order valence-corrected chi connectivity index (χ4v) is 3.80. The predicted molar refractivity (Wildman–Crippen MR) is 113 cm³/mol. The fraction of sp³-hybridized carbons (Fsp3) is 0.0952. The number of fused-ring (bicyclic) bond motifs is 1. The zero-order valence-electron chi connectivity index (χ0n) is 14.8. The van der Waals surface area contributed by atoms with E-state index in [1.807, 2.05) is 12.1 Å². The van der Waals surface area contributed by atoms with Crippen LogP contribution in [0.3, 0.4) is 0 Å². The molecule has 0 unspecified atom stereocenters. The van der Waals surface area contributed by atoms with Gasteiger partial charge in [0.25, 0.3) is 5.91 Å². The normalized spacial score (nSPS) is 15.8. The van der Waals surface area contributed by atoms with E-state index in [0.717, 1.165) is 3.57 Å². The zero-order chi connectivity index (χ0) is 19.8. The van der Waals surface area contributed by atoms with Crippen LogP contribution in [0.2, 0.25) is 0 Å². The maximum atomic E-state index is 13.9. The highest BCUT2D eigenvalue weighted by Gasteiger charge is 2.36. The number of nitrogens with zero attached hydrogens (tertiary/aromatic N) is 1. The summed E-state index contributed by atoms with van der Waals surface area (Å²) in [5.74, 6) is -0.526. The van der Waals surface area contributed by atoms with Crippen molar-refractivity contribution in [2.75, 3.05) is 17.3 Å². The summed E-state index contributed by atoms with van der Waals surface area (Å²) in [6, 6.07) is 16.4. The largest absolute Gasteiger partial charge is 0.504 e. The number of halogens is 2. The van der Waals surface area contributed by atoms with Gasteiger partial charge in [0, 0.05) is 20.5 Å². The van der Waals surface area contributed by atoms with Crippen molar-refractivity contribution in [3.8, 4) is 11.5 Å². The van der Waals surface area contributed by atoms with Crippen LogP contribution in [0, 0.1) is 9.39 Å². The molecule has 3 aromatic rings. The Kier molecular flexibility index (Phi) is 4.84. The molecule has 142 valence electrons. The van der Waals surface area contributed by atoms with Crippen molar-refractivity contribution in [1.29, 1.82) is 0 Å². The highest BCUT2D eigenvalue weighted by Crippen LogP contribution is 2.42. The van der Waals surface area contributed by atoms with Gasteiger partial charge in [0.15, 0.2) is 11.5 Å². The number of amides is 1. The number of carbonyl (C=O) groups excluding carboxylic acids is 1. The Labute approximate surface area is 174 Å². The quantitative estimate of drug-likeness (QED) is 0.513. The molecule has 2 N–H and O–H groups in total. The third-order valence-corrected chi connectivity index (χ3v) is 5.28. The number of hydrogen-bond acceptors (Lipinski definition) is 4. The number of hydrogen-bond donors (Lipinski definition) is 2. The van der Waals surface area contributed by atoms with Crippen LogP contribution < -0.4 is 15.0 Å². The molecule has 4 rings (SSSR count). The number of methoxy groups -OCH3 is 1. The molecule has 0 saturated carbocycles. The molecule has 3 aromatic carbocycles. The highest BCUT2D eigenvalue weighted by molar-refractivity contribution is 14.1. The lowest BCUT2D eigenvalue weighted by Crippen LogP contribution is -2.43. The van der Waals surface area contributed by atoms with E-state index in [1.54, 1.807) is 36.4 Å². The monoisotopic (exact) mass is 490 g/mol. The van der Waals surface area contributed by atoms with Crippen molar-refractivity contribution in [1.82, 2.24) is 0 Å². The predicted octanol–water partition coefficient (Wildman–Crippen LogP) is 4.92. The molecule has 0 fully saturated rings. The van der Waals surface area contributed by atoms with E-state index >= 15 is 0 Å². The Bertz CT molecular complexity index is 1070. The molecule has 0 bridgehead atoms. The van der Waals surface area contributed by atoms with Gasteiger partial charge >= 0.3 is 0 Å². The van der Waals surface area contributed by atoms with Crippen LogP contribution in [0.25, 0.3) is 0 Å². The lowest BCUT2D eigenvalue weighted by molar-refractivity contribution is 0.0974. The number of carbonyl (C=O) groups is 1. The van der Waals surface area contributed by atoms with Crippen molar-refractivity contribution < 1.29 is 19.0 Å². The van der Waals surface area contributed by atoms with Crippen molar-refractivity contribution in [3.63, 3.8) is 0 Å². The van der Waals surface area contributed by atoms with Crippen molar-refractivity contribution in [2.45, 2.75) is 6.17 Å². The van der Waals surface area contributed by atoms with Gasteiger partial charge in [-0.15, -0.1) is 0 Å². The van der Waals surface area contributed by atoms with E-state index in [-0.39, 0.29) is 11.7 Å². The van der Waals surface area contributed by atoms with E-state index in [0.29, 0.717) is 28.3 Å². The minimum absolute atomic E-state index is 0.0781. The second-order valence-electron chi connectivity index (χ2n) is 6.29. The van der Waals surface area contributed by atoms with Gasteiger partial charge in [-0.05, 0) is 65.1 Å². The maximum Gasteiger partial charge on any atom is 0.262 e. The van der Waals surface area contributed by atoms with Crippen LogP contribution in [-0.4, -0.2) is 18.1 Å². The number of phenols is 1. The summed E-state index contributed by atoms with van der Waals surface area (Å²) in [6.45, 7) is 0. The zero-order valence-corrected chi connectivity index (χ0v) is 17.0. The smallest absolute Gasteiger partial charge is 0.262 e. The first-order valence-electron chi connectivity index (χ1n) is 8.50. The number of rotatable bonds is 3. The Morgan fingerprint density at radius 2 is 1.93 bits per heavy atom. The average Bonchev–Trinajstić information content (AvgIpc) is 2.68. The average molecular weight is 490 g/mol. The van der Waals surface area contributed by atoms with Gasteiger partial charge in [-0.3, -0.25) is 9.69 Å². The maximum absolute atomic E-state index is 13.9. The molecule has 0 spiro atoms. The van der Waals surface area contributed by atoms with E-state index in [9.17, 15) is 14.3 Å². The topological polar surface area (TPSA) is 61.8 Å². The molecule has 1 heterocycles. The molecule has 1 aliphatic rings. The van der Waals surface area contributed by atoms with Crippen molar-refractivity contribution in [3.05, 3.63) is 81.2 Å². The van der Waals surface area contributed by atoms with E-state index in [1.165, 1.54) is 24.1 Å². The molecule has 1 atom stereocenters. The lowest BCUT2D eigenvalue weighted by atomic mass is 10.0. The summed E-state index contributed by atoms with van der Waals surface area (Å²) in [4.78, 5) is 14.8. The van der Waals surface area contributed by atoms with Gasteiger partial charge in [0.1, 0.15) is 12.0 Å². The summed E-state index contributed by atoms with van der Waals surface area (Å²) < 4.78 is 20.0. The molecule has 7 heteroatoms. The van der Waals surface area contributed by atoms with Crippen LogP contribution in [0.15, 0.2) is 60.7 Å². The molecular formula is C21H16FIN2O3. The van der Waals surface area contributed by atoms with Gasteiger partial charge in [-0.1, -0.05) is 18.2 Å². The number of para-hydroxylation sites is 1. The first-order valence-corrected chi connectivity index (χ1v) is 9.58. The van der Waals surface area contributed by atoms with Gasteiger partial charge in [-0.25, -0.2) is 4.39 Å². The number of phenolic OH excluding ortho intramolecular Hbond substituents is 1. The molecular weight excluding hydrogens is 474 g/mol. The summed E-state index contributed by atoms with van der Waals surface area (Å²) in [5, 5.41) is 14.0. The summed E-state index contributed by atoms with van der Waals surface area (Å²) >= 11 is 2.14. The summed E-state index contributed by atoms with van der Waals surface area (Å²) in [7, 11) is 1.46. The Hall–Kier alpha value is -2.81. The number of ether oxygens (including phenoxy) is 1. The van der Waals surface area contributed by atoms with Crippen LogP contribution in [0.1, 0.15) is 22.1 Å². The minimum atomic E-state index is -0.739. The molecule has 5 nitrogen and oxygen atoms in total. The van der Waals surface area contributed by atoms with E-state index in [4.69, 9.17) is 4.74 Å². The molecule has 1 aliphatic heterocycles. The molecule has 28 heavy (non-hydrogen) atoms. The van der Waals surface area contributed by atoms with Gasteiger partial charge in [0.05, 0.1) is 12.7 Å². The first kappa shape index (κ1) is 18.5. The molecule has 1 amide bonds. The van der Waals surface area contributed by atoms with Gasteiger partial charge in [-0.2, -0.15) is 0 Å². The fourth-order valence-electron chi connectivity index (χ4n) is 3.31. The third kappa shape index (κ3) is 3.15. The highest BCUT2D eigenvalue weighted by atomic mass is 127. The van der Waals surface area contributed by atoms with Crippen LogP contribution in [0.4, 0.5) is 15.8 Å². The SMILES string of the molecule is COc1cccc([C@@H]2Nc3ccc(I)cc3C(=O)N2c2cccc(F)c2)c1O. The van der Waals surface area contributed by atoms with E-state index in [2.05, 4.69) is 27.9 Å². The van der Waals surface area contributed by atoms with Gasteiger partial charge in [0.2, 0.25) is 0 Å². The van der Waals surface area contributed by atoms with Gasteiger partial charge < -0.3 is 15.2 Å². The van der Waals surface area contributed by atoms with Crippen LogP contribution >= 0.6 is 22.6 Å². The number of benzene rings is 3. The molecule has 0 radical (unpaired) electrons. The van der Waals surface area contributed by atoms with E-state index < -0.39 is 12.0 Å². The Balaban J connectivity index is 1.92. The first-order chi connectivity index (χ1) is 13.5. The second-order valence-corrected chi connectivity index (χ2v) is 7.54. The van der Waals surface area contributed by atoms with Crippen molar-refractivity contribution in [2.24, 2.45) is 0 Å². The van der Waals surface area contributed by atoms with Crippen LogP contribution in [-0.2, 0) is 0 Å².